The van der Waals surface area contributed by atoms with Gasteiger partial charge in [0.15, 0.2) is 5.60 Å². The van der Waals surface area contributed by atoms with Crippen LogP contribution in [-0.2, 0) is 9.53 Å². The molecule has 0 saturated carbocycles. The van der Waals surface area contributed by atoms with Crippen LogP contribution in [-0.4, -0.2) is 58.1 Å². The van der Waals surface area contributed by atoms with Crippen molar-refractivity contribution in [1.82, 2.24) is 14.8 Å². The van der Waals surface area contributed by atoms with E-state index in [4.69, 9.17) is 9.47 Å². The van der Waals surface area contributed by atoms with Gasteiger partial charge in [-0.3, -0.25) is 9.59 Å². The number of likely N-dealkylation sites (tertiary alicyclic amines) is 1. The number of carbonyl (C=O) groups excluding carboxylic acids is 2. The van der Waals surface area contributed by atoms with Crippen LogP contribution in [0.25, 0.3) is 0 Å². The second-order valence-electron chi connectivity index (χ2n) is 8.66. The molecule has 2 aromatic rings. The molecule has 2 unspecified atom stereocenters. The number of benzene rings is 1. The van der Waals surface area contributed by atoms with Crippen molar-refractivity contribution in [1.29, 1.82) is 0 Å². The molecule has 9 heteroatoms. The first-order valence-corrected chi connectivity index (χ1v) is 11.3. The fourth-order valence-electron chi connectivity index (χ4n) is 5.19. The van der Waals surface area contributed by atoms with Gasteiger partial charge in [-0.25, -0.2) is 13.8 Å². The first kappa shape index (κ1) is 21.8. The summed E-state index contributed by atoms with van der Waals surface area (Å²) in [6.07, 6.45) is 3.07. The number of aromatic nitrogens is 1. The zero-order chi connectivity index (χ0) is 23.2. The summed E-state index contributed by atoms with van der Waals surface area (Å²) in [5.41, 5.74) is -0.177. The van der Waals surface area contributed by atoms with E-state index < -0.39 is 29.5 Å². The summed E-state index contributed by atoms with van der Waals surface area (Å²) >= 11 is 0. The highest BCUT2D eigenvalue weighted by Crippen LogP contribution is 2.47. The fourth-order valence-corrected chi connectivity index (χ4v) is 5.19. The minimum atomic E-state index is -1.01. The first-order chi connectivity index (χ1) is 15.9. The summed E-state index contributed by atoms with van der Waals surface area (Å²) < 4.78 is 39.3. The molecule has 33 heavy (non-hydrogen) atoms. The lowest BCUT2D eigenvalue weighted by Crippen LogP contribution is -2.51. The molecule has 3 aliphatic rings. The molecule has 1 aromatic carbocycles. The smallest absolute Gasteiger partial charge is 0.259 e. The zero-order valence-corrected chi connectivity index (χ0v) is 18.3. The maximum Gasteiger partial charge on any atom is 0.259 e. The quantitative estimate of drug-likeness (QED) is 0.703. The van der Waals surface area contributed by atoms with Crippen LogP contribution in [0.2, 0.25) is 0 Å². The highest BCUT2D eigenvalue weighted by Gasteiger charge is 2.58. The molecule has 7 nitrogen and oxygen atoms in total. The highest BCUT2D eigenvalue weighted by atomic mass is 19.1. The Balaban J connectivity index is 1.31. The van der Waals surface area contributed by atoms with Gasteiger partial charge >= 0.3 is 0 Å². The molecule has 5 rings (SSSR count). The highest BCUT2D eigenvalue weighted by molar-refractivity contribution is 5.97. The topological polar surface area (TPSA) is 72.0 Å². The standard InChI is InChI=1S/C24H25F2N3O4/c1-2-32-21-18(4-3-9-27-21)22(30)28-10-7-24(8-11-28)23(31)29-19(5-6-20(29)33-24)15-12-16(25)14-17(26)13-15/h3-4,9,12-14,19-20H,2,5-8,10-11H2,1H3. The Morgan fingerprint density at radius 1 is 1.21 bits per heavy atom. The minimum absolute atomic E-state index is 0.164. The molecule has 0 bridgehead atoms. The van der Waals surface area contributed by atoms with Gasteiger partial charge in [-0.2, -0.15) is 0 Å². The van der Waals surface area contributed by atoms with E-state index in [1.54, 1.807) is 28.1 Å². The van der Waals surface area contributed by atoms with Gasteiger partial charge in [0, 0.05) is 38.2 Å². The molecule has 3 fully saturated rings. The van der Waals surface area contributed by atoms with Crippen molar-refractivity contribution in [2.75, 3.05) is 19.7 Å². The Bertz CT molecular complexity index is 1070. The molecular formula is C24H25F2N3O4. The molecule has 174 valence electrons. The fraction of sp³-hybridized carbons (Fsp3) is 0.458. The van der Waals surface area contributed by atoms with Crippen LogP contribution in [0.5, 0.6) is 5.88 Å². The van der Waals surface area contributed by atoms with Gasteiger partial charge in [-0.05, 0) is 49.6 Å². The summed E-state index contributed by atoms with van der Waals surface area (Å²) in [5, 5.41) is 0. The number of pyridine rings is 1. The monoisotopic (exact) mass is 457 g/mol. The third-order valence-electron chi connectivity index (χ3n) is 6.73. The molecule has 1 aromatic heterocycles. The Kier molecular flexibility index (Phi) is 5.52. The number of nitrogens with zero attached hydrogens (tertiary/aromatic N) is 3. The Morgan fingerprint density at radius 2 is 1.94 bits per heavy atom. The summed E-state index contributed by atoms with van der Waals surface area (Å²) in [5.74, 6) is -1.39. The van der Waals surface area contributed by atoms with E-state index in [0.717, 1.165) is 6.07 Å². The van der Waals surface area contributed by atoms with Crippen molar-refractivity contribution in [2.45, 2.75) is 50.5 Å². The van der Waals surface area contributed by atoms with Crippen LogP contribution in [0.15, 0.2) is 36.5 Å². The van der Waals surface area contributed by atoms with Crippen LogP contribution in [0.3, 0.4) is 0 Å². The van der Waals surface area contributed by atoms with E-state index in [0.29, 0.717) is 62.4 Å². The van der Waals surface area contributed by atoms with Gasteiger partial charge in [0.05, 0.1) is 12.6 Å². The van der Waals surface area contributed by atoms with Crippen LogP contribution in [0.1, 0.15) is 54.6 Å². The van der Waals surface area contributed by atoms with Crippen molar-refractivity contribution < 1.29 is 27.8 Å². The third kappa shape index (κ3) is 3.74. The van der Waals surface area contributed by atoms with Crippen molar-refractivity contribution in [3.63, 3.8) is 0 Å². The summed E-state index contributed by atoms with van der Waals surface area (Å²) in [6.45, 7) is 2.93. The average molecular weight is 457 g/mol. The number of hydrogen-bond donors (Lipinski definition) is 0. The SMILES string of the molecule is CCOc1ncccc1C(=O)N1CCC2(CC1)OC1CCC(c3cc(F)cc(F)c3)N1C2=O. The second-order valence-corrected chi connectivity index (χ2v) is 8.66. The molecular weight excluding hydrogens is 432 g/mol. The van der Waals surface area contributed by atoms with E-state index in [9.17, 15) is 18.4 Å². The molecule has 1 spiro atoms. The molecule has 0 aliphatic carbocycles. The number of ether oxygens (including phenoxy) is 2. The second kappa shape index (κ2) is 8.37. The molecule has 4 heterocycles. The Labute approximate surface area is 190 Å². The molecule has 2 atom stereocenters. The van der Waals surface area contributed by atoms with Crippen LogP contribution in [0, 0.1) is 11.6 Å². The largest absolute Gasteiger partial charge is 0.477 e. The summed E-state index contributed by atoms with van der Waals surface area (Å²) in [4.78, 5) is 34.0. The Morgan fingerprint density at radius 3 is 2.64 bits per heavy atom. The van der Waals surface area contributed by atoms with E-state index in [1.807, 2.05) is 6.92 Å². The van der Waals surface area contributed by atoms with Gasteiger partial charge in [0.1, 0.15) is 23.4 Å². The summed E-state index contributed by atoms with van der Waals surface area (Å²) in [7, 11) is 0. The lowest BCUT2D eigenvalue weighted by atomic mass is 9.89. The molecule has 3 saturated heterocycles. The molecule has 3 aliphatic heterocycles. The van der Waals surface area contributed by atoms with Crippen molar-refractivity contribution >= 4 is 11.8 Å². The van der Waals surface area contributed by atoms with Crippen LogP contribution >= 0.6 is 0 Å². The van der Waals surface area contributed by atoms with Gasteiger partial charge in [-0.15, -0.1) is 0 Å². The van der Waals surface area contributed by atoms with Crippen LogP contribution < -0.4 is 4.74 Å². The number of halogens is 2. The summed E-state index contributed by atoms with van der Waals surface area (Å²) in [6, 6.07) is 6.33. The Hall–Kier alpha value is -3.07. The van der Waals surface area contributed by atoms with E-state index in [1.165, 1.54) is 12.1 Å². The van der Waals surface area contributed by atoms with E-state index in [2.05, 4.69) is 4.98 Å². The van der Waals surface area contributed by atoms with E-state index in [-0.39, 0.29) is 11.8 Å². The normalized spacial score (nSPS) is 23.8. The van der Waals surface area contributed by atoms with Crippen molar-refractivity contribution in [3.8, 4) is 5.88 Å². The first-order valence-electron chi connectivity index (χ1n) is 11.3. The van der Waals surface area contributed by atoms with Crippen molar-refractivity contribution in [3.05, 3.63) is 59.3 Å². The number of amides is 2. The maximum atomic E-state index is 13.8. The van der Waals surface area contributed by atoms with Gasteiger partial charge in [0.2, 0.25) is 5.88 Å². The number of rotatable bonds is 4. The molecule has 2 amide bonds. The maximum absolute atomic E-state index is 13.8. The van der Waals surface area contributed by atoms with Crippen molar-refractivity contribution in [2.24, 2.45) is 0 Å². The lowest BCUT2D eigenvalue weighted by Gasteiger charge is -2.37. The number of hydrogen-bond acceptors (Lipinski definition) is 5. The number of carbonyl (C=O) groups is 2. The predicted molar refractivity (Wildman–Crippen MR) is 113 cm³/mol. The number of piperidine rings is 1. The molecule has 0 N–H and O–H groups in total. The van der Waals surface area contributed by atoms with Gasteiger partial charge in [0.25, 0.3) is 11.8 Å². The predicted octanol–water partition coefficient (Wildman–Crippen LogP) is 3.45. The lowest BCUT2D eigenvalue weighted by molar-refractivity contribution is -0.142. The minimum Gasteiger partial charge on any atom is -0.477 e. The van der Waals surface area contributed by atoms with Gasteiger partial charge < -0.3 is 19.3 Å². The molecule has 0 radical (unpaired) electrons. The third-order valence-corrected chi connectivity index (χ3v) is 6.73. The van der Waals surface area contributed by atoms with Gasteiger partial charge in [-0.1, -0.05) is 0 Å². The van der Waals surface area contributed by atoms with Crippen LogP contribution in [0.4, 0.5) is 8.78 Å². The average Bonchev–Trinajstić information content (AvgIpc) is 3.32. The zero-order valence-electron chi connectivity index (χ0n) is 18.3. The van der Waals surface area contributed by atoms with E-state index >= 15 is 0 Å². The number of fused-ring (bicyclic) bond motifs is 1.